The van der Waals surface area contributed by atoms with E-state index < -0.39 is 0 Å². The number of nitrogens with zero attached hydrogens (tertiary/aromatic N) is 1. The fraction of sp³-hybridized carbons (Fsp3) is 0.909. The Bertz CT molecular complexity index is 209. The summed E-state index contributed by atoms with van der Waals surface area (Å²) in [4.78, 5) is 2.99. The Kier molecular flexibility index (Phi) is 5.50. The monoisotopic (exact) mass is 230 g/mol. The van der Waals surface area contributed by atoms with Gasteiger partial charge in [-0.1, -0.05) is 25.6 Å². The quantitative estimate of drug-likeness (QED) is 0.699. The van der Waals surface area contributed by atoms with E-state index in [9.17, 15) is 0 Å². The van der Waals surface area contributed by atoms with Crippen molar-refractivity contribution in [1.29, 1.82) is 0 Å². The molecule has 1 aliphatic rings. The zero-order chi connectivity index (χ0) is 11.3. The highest BCUT2D eigenvalue weighted by Crippen LogP contribution is 2.23. The fourth-order valence-corrected chi connectivity index (χ4v) is 2.79. The third kappa shape index (κ3) is 3.40. The SMILES string of the molecule is CCC(C(N)=S)N1CCCCC1CCO. The first-order valence-corrected chi connectivity index (χ1v) is 6.27. The summed E-state index contributed by atoms with van der Waals surface area (Å²) in [5.41, 5.74) is 5.76. The largest absolute Gasteiger partial charge is 0.396 e. The van der Waals surface area contributed by atoms with Gasteiger partial charge in [-0.15, -0.1) is 0 Å². The van der Waals surface area contributed by atoms with Crippen LogP contribution in [0.5, 0.6) is 0 Å². The summed E-state index contributed by atoms with van der Waals surface area (Å²) in [6.45, 7) is 3.45. The normalized spacial score (nSPS) is 25.1. The molecule has 0 aromatic carbocycles. The van der Waals surface area contributed by atoms with Crippen LogP contribution in [0.2, 0.25) is 0 Å². The van der Waals surface area contributed by atoms with Crippen molar-refractivity contribution in [2.45, 2.75) is 51.1 Å². The maximum Gasteiger partial charge on any atom is 0.0902 e. The second-order valence-electron chi connectivity index (χ2n) is 4.23. The zero-order valence-corrected chi connectivity index (χ0v) is 10.3. The number of rotatable bonds is 5. The van der Waals surface area contributed by atoms with Crippen molar-refractivity contribution < 1.29 is 5.11 Å². The standard InChI is InChI=1S/C11H22N2OS/c1-2-10(11(12)15)13-7-4-3-5-9(13)6-8-14/h9-10,14H,2-8H2,1H3,(H2,12,15). The Labute approximate surface area is 97.6 Å². The topological polar surface area (TPSA) is 49.5 Å². The van der Waals surface area contributed by atoms with E-state index >= 15 is 0 Å². The highest BCUT2D eigenvalue weighted by atomic mass is 32.1. The minimum absolute atomic E-state index is 0.219. The van der Waals surface area contributed by atoms with Gasteiger partial charge in [-0.2, -0.15) is 0 Å². The molecule has 1 heterocycles. The third-order valence-corrected chi connectivity index (χ3v) is 3.52. The first-order valence-electron chi connectivity index (χ1n) is 5.86. The van der Waals surface area contributed by atoms with Crippen molar-refractivity contribution in [2.75, 3.05) is 13.2 Å². The summed E-state index contributed by atoms with van der Waals surface area (Å²) in [6.07, 6.45) is 5.46. The molecule has 1 aliphatic heterocycles. The van der Waals surface area contributed by atoms with Crippen LogP contribution in [0.1, 0.15) is 39.0 Å². The molecule has 3 nitrogen and oxygen atoms in total. The first-order chi connectivity index (χ1) is 7.20. The maximum atomic E-state index is 9.04. The predicted molar refractivity (Wildman–Crippen MR) is 66.9 cm³/mol. The van der Waals surface area contributed by atoms with Gasteiger partial charge in [0.1, 0.15) is 0 Å². The highest BCUT2D eigenvalue weighted by molar-refractivity contribution is 7.80. The summed E-state index contributed by atoms with van der Waals surface area (Å²) in [5.74, 6) is 0. The van der Waals surface area contributed by atoms with Gasteiger partial charge >= 0.3 is 0 Å². The predicted octanol–water partition coefficient (Wildman–Crippen LogP) is 1.29. The van der Waals surface area contributed by atoms with Crippen molar-refractivity contribution in [1.82, 2.24) is 4.90 Å². The van der Waals surface area contributed by atoms with Gasteiger partial charge in [0.15, 0.2) is 0 Å². The fourth-order valence-electron chi connectivity index (χ4n) is 2.49. The summed E-state index contributed by atoms with van der Waals surface area (Å²) in [7, 11) is 0. The number of piperidine rings is 1. The van der Waals surface area contributed by atoms with Crippen molar-refractivity contribution >= 4 is 17.2 Å². The lowest BCUT2D eigenvalue weighted by Crippen LogP contribution is -2.51. The van der Waals surface area contributed by atoms with Crippen LogP contribution in [0.25, 0.3) is 0 Å². The minimum Gasteiger partial charge on any atom is -0.396 e. The summed E-state index contributed by atoms with van der Waals surface area (Å²) in [5, 5.41) is 9.04. The van der Waals surface area contributed by atoms with E-state index in [0.29, 0.717) is 11.0 Å². The Morgan fingerprint density at radius 1 is 1.60 bits per heavy atom. The Morgan fingerprint density at radius 3 is 2.87 bits per heavy atom. The number of thiocarbonyl (C=S) groups is 1. The van der Waals surface area contributed by atoms with Crippen LogP contribution in [-0.4, -0.2) is 40.2 Å². The Morgan fingerprint density at radius 2 is 2.33 bits per heavy atom. The molecule has 1 rings (SSSR count). The minimum atomic E-state index is 0.219. The average molecular weight is 230 g/mol. The van der Waals surface area contributed by atoms with Gasteiger partial charge in [0, 0.05) is 12.6 Å². The molecule has 0 aromatic heterocycles. The summed E-state index contributed by atoms with van der Waals surface area (Å²) < 4.78 is 0. The molecule has 0 aromatic rings. The molecule has 2 atom stereocenters. The van der Waals surface area contributed by atoms with E-state index in [4.69, 9.17) is 23.1 Å². The van der Waals surface area contributed by atoms with E-state index in [2.05, 4.69) is 11.8 Å². The lowest BCUT2D eigenvalue weighted by atomic mass is 9.96. The molecular weight excluding hydrogens is 208 g/mol. The maximum absolute atomic E-state index is 9.04. The summed E-state index contributed by atoms with van der Waals surface area (Å²) >= 11 is 5.11. The molecule has 15 heavy (non-hydrogen) atoms. The molecule has 0 aliphatic carbocycles. The lowest BCUT2D eigenvalue weighted by Gasteiger charge is -2.40. The van der Waals surface area contributed by atoms with E-state index in [1.165, 1.54) is 19.3 Å². The Hall–Kier alpha value is -0.190. The molecule has 0 radical (unpaired) electrons. The van der Waals surface area contributed by atoms with Gasteiger partial charge in [-0.05, 0) is 32.2 Å². The smallest absolute Gasteiger partial charge is 0.0902 e. The molecule has 0 amide bonds. The molecule has 3 N–H and O–H groups in total. The molecule has 2 unspecified atom stereocenters. The molecule has 0 spiro atoms. The van der Waals surface area contributed by atoms with Crippen LogP contribution < -0.4 is 5.73 Å². The van der Waals surface area contributed by atoms with Crippen LogP contribution in [0.15, 0.2) is 0 Å². The summed E-state index contributed by atoms with van der Waals surface area (Å²) in [6, 6.07) is 0.687. The van der Waals surface area contributed by atoms with Crippen LogP contribution in [0, 0.1) is 0 Å². The van der Waals surface area contributed by atoms with Gasteiger partial charge in [0.2, 0.25) is 0 Å². The number of likely N-dealkylation sites (tertiary alicyclic amines) is 1. The van der Waals surface area contributed by atoms with E-state index in [1.54, 1.807) is 0 Å². The molecule has 88 valence electrons. The zero-order valence-electron chi connectivity index (χ0n) is 9.48. The molecule has 4 heteroatoms. The second-order valence-corrected chi connectivity index (χ2v) is 4.70. The van der Waals surface area contributed by atoms with E-state index in [-0.39, 0.29) is 12.6 Å². The average Bonchev–Trinajstić information content (AvgIpc) is 2.21. The molecule has 1 fully saturated rings. The molecule has 0 saturated carbocycles. The highest BCUT2D eigenvalue weighted by Gasteiger charge is 2.28. The molecule has 1 saturated heterocycles. The Balaban J connectivity index is 2.64. The van der Waals surface area contributed by atoms with Gasteiger partial charge in [0.05, 0.1) is 11.0 Å². The van der Waals surface area contributed by atoms with Crippen molar-refractivity contribution in [2.24, 2.45) is 5.73 Å². The first kappa shape index (κ1) is 12.9. The van der Waals surface area contributed by atoms with E-state index in [1.807, 2.05) is 0 Å². The van der Waals surface area contributed by atoms with Gasteiger partial charge < -0.3 is 10.8 Å². The molecular formula is C11H22N2OS. The lowest BCUT2D eigenvalue weighted by molar-refractivity contribution is 0.0996. The number of aliphatic hydroxyl groups is 1. The van der Waals surface area contributed by atoms with Crippen LogP contribution in [0.3, 0.4) is 0 Å². The second kappa shape index (κ2) is 6.40. The van der Waals surface area contributed by atoms with Crippen molar-refractivity contribution in [3.8, 4) is 0 Å². The molecule has 0 bridgehead atoms. The third-order valence-electron chi connectivity index (χ3n) is 3.25. The van der Waals surface area contributed by atoms with Gasteiger partial charge in [-0.3, -0.25) is 4.90 Å². The number of aliphatic hydroxyl groups excluding tert-OH is 1. The van der Waals surface area contributed by atoms with Crippen LogP contribution >= 0.6 is 12.2 Å². The van der Waals surface area contributed by atoms with Gasteiger partial charge in [-0.25, -0.2) is 0 Å². The number of hydrogen-bond acceptors (Lipinski definition) is 3. The number of hydrogen-bond donors (Lipinski definition) is 2. The van der Waals surface area contributed by atoms with Crippen LogP contribution in [-0.2, 0) is 0 Å². The van der Waals surface area contributed by atoms with Crippen molar-refractivity contribution in [3.63, 3.8) is 0 Å². The van der Waals surface area contributed by atoms with Crippen LogP contribution in [0.4, 0.5) is 0 Å². The van der Waals surface area contributed by atoms with Crippen molar-refractivity contribution in [3.05, 3.63) is 0 Å². The van der Waals surface area contributed by atoms with E-state index in [0.717, 1.165) is 19.4 Å². The number of nitrogens with two attached hydrogens (primary N) is 1. The van der Waals surface area contributed by atoms with Gasteiger partial charge in [0.25, 0.3) is 0 Å².